The molecule has 0 saturated carbocycles. The van der Waals surface area contributed by atoms with Crippen LogP contribution >= 0.6 is 0 Å². The van der Waals surface area contributed by atoms with Crippen molar-refractivity contribution in [1.82, 2.24) is 14.8 Å². The van der Waals surface area contributed by atoms with Gasteiger partial charge in [-0.25, -0.2) is 0 Å². The van der Waals surface area contributed by atoms with Crippen LogP contribution in [0.1, 0.15) is 32.1 Å². The number of benzene rings is 1. The number of nitrogens with one attached hydrogen (secondary N) is 1. The van der Waals surface area contributed by atoms with E-state index in [0.29, 0.717) is 12.0 Å². The Hall–Kier alpha value is -2.01. The van der Waals surface area contributed by atoms with Crippen molar-refractivity contribution in [1.29, 1.82) is 0 Å². The van der Waals surface area contributed by atoms with E-state index in [0.717, 1.165) is 23.2 Å². The fourth-order valence-corrected chi connectivity index (χ4v) is 4.65. The molecule has 2 fully saturated rings. The predicted octanol–water partition coefficient (Wildman–Crippen LogP) is 2.94. The van der Waals surface area contributed by atoms with Gasteiger partial charge in [0, 0.05) is 31.2 Å². The Morgan fingerprint density at radius 2 is 2.08 bits per heavy atom. The summed E-state index contributed by atoms with van der Waals surface area (Å²) in [6.07, 6.45) is 8.43. The zero-order chi connectivity index (χ0) is 17.9. The SMILES string of the molecule is Cn1ccc2c(OCC(=O)NCC3CCCN4CCCCC34)cccc21. The van der Waals surface area contributed by atoms with Crippen LogP contribution in [-0.2, 0) is 11.8 Å². The first-order valence-electron chi connectivity index (χ1n) is 9.90. The fraction of sp³-hybridized carbons (Fsp3) is 0.571. The van der Waals surface area contributed by atoms with Gasteiger partial charge in [0.25, 0.3) is 5.91 Å². The highest BCUT2D eigenvalue weighted by molar-refractivity contribution is 5.87. The zero-order valence-corrected chi connectivity index (χ0v) is 15.6. The summed E-state index contributed by atoms with van der Waals surface area (Å²) in [4.78, 5) is 14.9. The predicted molar refractivity (Wildman–Crippen MR) is 103 cm³/mol. The van der Waals surface area contributed by atoms with Crippen molar-refractivity contribution in [3.8, 4) is 5.75 Å². The molecule has 2 unspecified atom stereocenters. The molecule has 0 aliphatic carbocycles. The van der Waals surface area contributed by atoms with Gasteiger partial charge < -0.3 is 19.5 Å². The van der Waals surface area contributed by atoms with Crippen molar-refractivity contribution < 1.29 is 9.53 Å². The van der Waals surface area contributed by atoms with Crippen molar-refractivity contribution in [2.75, 3.05) is 26.2 Å². The number of amides is 1. The average molecular weight is 355 g/mol. The van der Waals surface area contributed by atoms with E-state index >= 15 is 0 Å². The van der Waals surface area contributed by atoms with E-state index in [-0.39, 0.29) is 12.5 Å². The van der Waals surface area contributed by atoms with Crippen molar-refractivity contribution in [3.05, 3.63) is 30.5 Å². The van der Waals surface area contributed by atoms with E-state index in [1.807, 2.05) is 31.4 Å². The first kappa shape index (κ1) is 17.4. The third-order valence-corrected chi connectivity index (χ3v) is 6.04. The quantitative estimate of drug-likeness (QED) is 0.897. The summed E-state index contributed by atoms with van der Waals surface area (Å²) in [6, 6.07) is 8.65. The van der Waals surface area contributed by atoms with Crippen LogP contribution in [0.5, 0.6) is 5.75 Å². The third kappa shape index (κ3) is 3.58. The Balaban J connectivity index is 1.30. The van der Waals surface area contributed by atoms with Crippen molar-refractivity contribution in [3.63, 3.8) is 0 Å². The van der Waals surface area contributed by atoms with Crippen LogP contribution in [-0.4, -0.2) is 47.7 Å². The molecule has 1 amide bonds. The number of nitrogens with zero attached hydrogens (tertiary/aromatic N) is 2. The van der Waals surface area contributed by atoms with E-state index in [1.165, 1.54) is 45.2 Å². The topological polar surface area (TPSA) is 46.5 Å². The number of piperidine rings is 2. The molecule has 5 heteroatoms. The summed E-state index contributed by atoms with van der Waals surface area (Å²) in [5.74, 6) is 1.34. The van der Waals surface area contributed by atoms with E-state index < -0.39 is 0 Å². The molecule has 2 aliphatic heterocycles. The second-order valence-corrected chi connectivity index (χ2v) is 7.71. The molecule has 0 bridgehead atoms. The van der Waals surface area contributed by atoms with Gasteiger partial charge in [0.1, 0.15) is 5.75 Å². The minimum atomic E-state index is -0.0223. The molecule has 2 atom stereocenters. The number of ether oxygens (including phenoxy) is 1. The summed E-state index contributed by atoms with van der Waals surface area (Å²) < 4.78 is 7.86. The molecule has 0 radical (unpaired) electrons. The van der Waals surface area contributed by atoms with Crippen LogP contribution in [0.2, 0.25) is 0 Å². The average Bonchev–Trinajstić information content (AvgIpc) is 3.06. The molecule has 1 N–H and O–H groups in total. The summed E-state index contributed by atoms with van der Waals surface area (Å²) in [7, 11) is 2.01. The largest absolute Gasteiger partial charge is 0.483 e. The molecule has 4 rings (SSSR count). The Bertz CT molecular complexity index is 768. The number of rotatable bonds is 5. The maximum Gasteiger partial charge on any atom is 0.257 e. The number of aryl methyl sites for hydroxylation is 1. The molecule has 140 valence electrons. The summed E-state index contributed by atoms with van der Waals surface area (Å²) >= 11 is 0. The van der Waals surface area contributed by atoms with Gasteiger partial charge in [-0.15, -0.1) is 0 Å². The number of hydrogen-bond acceptors (Lipinski definition) is 3. The van der Waals surface area contributed by atoms with Gasteiger partial charge in [0.2, 0.25) is 0 Å². The van der Waals surface area contributed by atoms with Crippen LogP contribution < -0.4 is 10.1 Å². The Morgan fingerprint density at radius 1 is 1.19 bits per heavy atom. The summed E-state index contributed by atoms with van der Waals surface area (Å²) in [6.45, 7) is 3.33. The highest BCUT2D eigenvalue weighted by atomic mass is 16.5. The van der Waals surface area contributed by atoms with Crippen molar-refractivity contribution in [2.45, 2.75) is 38.1 Å². The number of fused-ring (bicyclic) bond motifs is 2. The molecule has 2 aliphatic rings. The van der Waals surface area contributed by atoms with Crippen LogP contribution in [0.4, 0.5) is 0 Å². The van der Waals surface area contributed by atoms with Crippen molar-refractivity contribution in [2.24, 2.45) is 13.0 Å². The van der Waals surface area contributed by atoms with Gasteiger partial charge in [-0.2, -0.15) is 0 Å². The first-order valence-corrected chi connectivity index (χ1v) is 9.90. The third-order valence-electron chi connectivity index (χ3n) is 6.04. The number of aromatic nitrogens is 1. The van der Waals surface area contributed by atoms with Crippen LogP contribution in [0.15, 0.2) is 30.5 Å². The van der Waals surface area contributed by atoms with Gasteiger partial charge in [0.15, 0.2) is 6.61 Å². The lowest BCUT2D eigenvalue weighted by Gasteiger charge is -2.44. The molecule has 2 aromatic rings. The van der Waals surface area contributed by atoms with E-state index in [9.17, 15) is 4.79 Å². The minimum absolute atomic E-state index is 0.0223. The Morgan fingerprint density at radius 3 is 3.00 bits per heavy atom. The molecule has 1 aromatic carbocycles. The summed E-state index contributed by atoms with van der Waals surface area (Å²) in [5, 5.41) is 4.16. The molecular formula is C21H29N3O2. The van der Waals surface area contributed by atoms with Gasteiger partial charge in [-0.3, -0.25) is 4.79 Å². The first-order chi connectivity index (χ1) is 12.7. The maximum absolute atomic E-state index is 12.3. The standard InChI is InChI=1S/C21H29N3O2/c1-23-13-10-17-19(23)8-4-9-20(17)26-15-21(25)22-14-16-6-5-12-24-11-3-2-7-18(16)24/h4,8-10,13,16,18H,2-3,5-7,11-12,14-15H2,1H3,(H,22,25). The van der Waals surface area contributed by atoms with E-state index in [2.05, 4.69) is 20.9 Å². The smallest absolute Gasteiger partial charge is 0.257 e. The molecule has 26 heavy (non-hydrogen) atoms. The minimum Gasteiger partial charge on any atom is -0.483 e. The van der Waals surface area contributed by atoms with Gasteiger partial charge >= 0.3 is 0 Å². The lowest BCUT2D eigenvalue weighted by atomic mass is 9.83. The van der Waals surface area contributed by atoms with E-state index in [4.69, 9.17) is 4.74 Å². The molecule has 3 heterocycles. The second-order valence-electron chi connectivity index (χ2n) is 7.71. The molecule has 0 spiro atoms. The lowest BCUT2D eigenvalue weighted by molar-refractivity contribution is -0.123. The van der Waals surface area contributed by atoms with Crippen molar-refractivity contribution >= 4 is 16.8 Å². The van der Waals surface area contributed by atoms with Crippen LogP contribution in [0, 0.1) is 5.92 Å². The maximum atomic E-state index is 12.3. The molecular weight excluding hydrogens is 326 g/mol. The molecule has 2 saturated heterocycles. The monoisotopic (exact) mass is 355 g/mol. The second kappa shape index (κ2) is 7.70. The number of carbonyl (C=O) groups is 1. The molecule has 5 nitrogen and oxygen atoms in total. The van der Waals surface area contributed by atoms with Gasteiger partial charge in [0.05, 0.1) is 5.52 Å². The van der Waals surface area contributed by atoms with Gasteiger partial charge in [-0.05, 0) is 62.9 Å². The highest BCUT2D eigenvalue weighted by Gasteiger charge is 2.32. The lowest BCUT2D eigenvalue weighted by Crippen LogP contribution is -2.51. The van der Waals surface area contributed by atoms with E-state index in [1.54, 1.807) is 0 Å². The number of hydrogen-bond donors (Lipinski definition) is 1. The number of carbonyl (C=O) groups excluding carboxylic acids is 1. The van der Waals surface area contributed by atoms with Crippen LogP contribution in [0.3, 0.4) is 0 Å². The fourth-order valence-electron chi connectivity index (χ4n) is 4.65. The Kier molecular flexibility index (Phi) is 5.16. The Labute approximate surface area is 155 Å². The normalized spacial score (nSPS) is 23.6. The van der Waals surface area contributed by atoms with Gasteiger partial charge in [-0.1, -0.05) is 12.5 Å². The molecule has 1 aromatic heterocycles. The summed E-state index contributed by atoms with van der Waals surface area (Å²) in [5.41, 5.74) is 1.11. The van der Waals surface area contributed by atoms with Crippen LogP contribution in [0.25, 0.3) is 10.9 Å². The highest BCUT2D eigenvalue weighted by Crippen LogP contribution is 2.30. The zero-order valence-electron chi connectivity index (χ0n) is 15.6.